The van der Waals surface area contributed by atoms with Crippen molar-refractivity contribution in [3.63, 3.8) is 0 Å². The molecule has 4 heteroatoms. The molecule has 0 saturated carbocycles. The Balaban J connectivity index is 0.000000810. The predicted molar refractivity (Wildman–Crippen MR) is 40.2 cm³/mol. The van der Waals surface area contributed by atoms with Crippen LogP contribution in [0, 0.1) is 10.1 Å². The predicted octanol–water partition coefficient (Wildman–Crippen LogP) is 0.946. The molecule has 0 heterocycles. The van der Waals surface area contributed by atoms with Gasteiger partial charge in [0, 0.05) is 12.1 Å². The van der Waals surface area contributed by atoms with Gasteiger partial charge in [-0.05, 0) is 0 Å². The summed E-state index contributed by atoms with van der Waals surface area (Å²) >= 11 is 0. The molecule has 1 aromatic carbocycles. The molecule has 0 aliphatic rings. The molecule has 0 N–H and O–H groups in total. The number of hydrogen-bond acceptors (Lipinski definition) is 2. The van der Waals surface area contributed by atoms with Gasteiger partial charge in [-0.25, -0.2) is 0 Å². The van der Waals surface area contributed by atoms with Crippen LogP contribution < -0.4 is 0 Å². The minimum atomic E-state index is -0.417. The molecule has 0 saturated heterocycles. The average molecular weight is 147 g/mol. The summed E-state index contributed by atoms with van der Waals surface area (Å²) in [5.41, 5.74) is 0.137. The summed E-state index contributed by atoms with van der Waals surface area (Å²) in [6.07, 6.45) is 0. The number of hydrogen-bond donors (Lipinski definition) is 0. The third-order valence-corrected chi connectivity index (χ3v) is 0.967. The molecule has 1 rings (SSSR count). The van der Waals surface area contributed by atoms with Crippen molar-refractivity contribution in [3.8, 4) is 0 Å². The molecule has 0 aliphatic heterocycles. The van der Waals surface area contributed by atoms with Crippen LogP contribution in [0.1, 0.15) is 0 Å². The minimum absolute atomic E-state index is 0. The van der Waals surface area contributed by atoms with Gasteiger partial charge >= 0.3 is 29.6 Å². The van der Waals surface area contributed by atoms with E-state index in [4.69, 9.17) is 0 Å². The molecule has 0 fully saturated rings. The summed E-state index contributed by atoms with van der Waals surface area (Å²) < 4.78 is 0. The Morgan fingerprint density at radius 1 is 1.20 bits per heavy atom. The first-order valence-electron chi connectivity index (χ1n) is 2.50. The van der Waals surface area contributed by atoms with Gasteiger partial charge in [-0.3, -0.25) is 10.1 Å². The van der Waals surface area contributed by atoms with Gasteiger partial charge in [-0.15, -0.1) is 0 Å². The van der Waals surface area contributed by atoms with Crippen molar-refractivity contribution in [3.05, 3.63) is 40.4 Å². The molecule has 0 radical (unpaired) electrons. The van der Waals surface area contributed by atoms with E-state index in [1.807, 2.05) is 0 Å². The van der Waals surface area contributed by atoms with E-state index in [1.165, 1.54) is 12.1 Å². The molecule has 0 unspecified atom stereocenters. The van der Waals surface area contributed by atoms with E-state index in [0.29, 0.717) is 0 Å². The van der Waals surface area contributed by atoms with Crippen molar-refractivity contribution in [1.29, 1.82) is 0 Å². The van der Waals surface area contributed by atoms with E-state index in [2.05, 4.69) is 0 Å². The summed E-state index contributed by atoms with van der Waals surface area (Å²) in [7, 11) is 0. The quantitative estimate of drug-likeness (QED) is 0.337. The molecule has 0 bridgehead atoms. The maximum atomic E-state index is 10.0. The van der Waals surface area contributed by atoms with Crippen LogP contribution in [0.4, 0.5) is 5.69 Å². The Labute approximate surface area is 80.5 Å². The van der Waals surface area contributed by atoms with Crippen molar-refractivity contribution in [2.24, 2.45) is 0 Å². The maximum absolute atomic E-state index is 10.0. The van der Waals surface area contributed by atoms with Crippen molar-refractivity contribution in [2.45, 2.75) is 0 Å². The zero-order chi connectivity index (χ0) is 6.69. The van der Waals surface area contributed by atoms with E-state index in [-0.39, 0.29) is 35.2 Å². The summed E-state index contributed by atoms with van der Waals surface area (Å²) in [6, 6.07) is 7.93. The van der Waals surface area contributed by atoms with Gasteiger partial charge in [-0.1, -0.05) is 18.2 Å². The Hall–Kier alpha value is -0.380. The van der Waals surface area contributed by atoms with Gasteiger partial charge in [0.2, 0.25) is 0 Å². The fraction of sp³-hybridized carbons (Fsp3) is 0. The summed E-state index contributed by atoms with van der Waals surface area (Å²) in [5.74, 6) is 0. The Bertz CT molecular complexity index is 212. The van der Waals surface area contributed by atoms with Crippen molar-refractivity contribution < 1.29 is 4.92 Å². The number of nitro benzene ring substituents is 1. The average Bonchev–Trinajstić information content (AvgIpc) is 1.90. The molecule has 48 valence electrons. The van der Waals surface area contributed by atoms with Crippen LogP contribution >= 0.6 is 0 Å². The summed E-state index contributed by atoms with van der Waals surface area (Å²) in [5, 5.41) is 10.0. The number of nitro groups is 1. The van der Waals surface area contributed by atoms with Gasteiger partial charge in [0.1, 0.15) is 0 Å². The molecule has 0 amide bonds. The molecular weight excluding hydrogens is 141 g/mol. The van der Waals surface area contributed by atoms with E-state index >= 15 is 0 Å². The van der Waals surface area contributed by atoms with Crippen LogP contribution in [0.3, 0.4) is 0 Å². The van der Waals surface area contributed by atoms with Crippen LogP contribution in [-0.4, -0.2) is 34.5 Å². The topological polar surface area (TPSA) is 43.1 Å². The van der Waals surface area contributed by atoms with Crippen LogP contribution in [0.25, 0.3) is 0 Å². The standard InChI is InChI=1S/C6H5NO2.Na.H/c8-7(9)6-4-2-1-3-5-6;;/h1-5H;;. The fourth-order valence-corrected chi connectivity index (χ4v) is 0.550. The third kappa shape index (κ3) is 2.47. The third-order valence-electron chi connectivity index (χ3n) is 0.967. The number of non-ortho nitro benzene ring substituents is 1. The Morgan fingerprint density at radius 3 is 2.00 bits per heavy atom. The van der Waals surface area contributed by atoms with Crippen molar-refractivity contribution in [2.75, 3.05) is 0 Å². The molecule has 10 heavy (non-hydrogen) atoms. The fourth-order valence-electron chi connectivity index (χ4n) is 0.550. The van der Waals surface area contributed by atoms with Crippen LogP contribution in [0.5, 0.6) is 0 Å². The number of rotatable bonds is 1. The van der Waals surface area contributed by atoms with E-state index < -0.39 is 4.92 Å². The number of para-hydroxylation sites is 1. The van der Waals surface area contributed by atoms with Crippen molar-refractivity contribution in [1.82, 2.24) is 0 Å². The number of nitrogens with zero attached hydrogens (tertiary/aromatic N) is 1. The van der Waals surface area contributed by atoms with Crippen LogP contribution in [0.15, 0.2) is 30.3 Å². The van der Waals surface area contributed by atoms with E-state index in [0.717, 1.165) is 0 Å². The summed E-state index contributed by atoms with van der Waals surface area (Å²) in [6.45, 7) is 0. The van der Waals surface area contributed by atoms with Gasteiger partial charge < -0.3 is 0 Å². The Kier molecular flexibility index (Phi) is 4.27. The molecular formula is C6H6NNaO2. The first-order valence-corrected chi connectivity index (χ1v) is 2.50. The number of benzene rings is 1. The first-order chi connectivity index (χ1) is 4.30. The monoisotopic (exact) mass is 147 g/mol. The van der Waals surface area contributed by atoms with Gasteiger partial charge in [-0.2, -0.15) is 0 Å². The van der Waals surface area contributed by atoms with Gasteiger partial charge in [0.25, 0.3) is 5.69 Å². The second kappa shape index (κ2) is 4.44. The zero-order valence-corrected chi connectivity index (χ0v) is 4.65. The van der Waals surface area contributed by atoms with E-state index in [1.54, 1.807) is 18.2 Å². The second-order valence-corrected chi connectivity index (χ2v) is 1.59. The van der Waals surface area contributed by atoms with Crippen LogP contribution in [0.2, 0.25) is 0 Å². The normalized spacial score (nSPS) is 8.00. The van der Waals surface area contributed by atoms with Gasteiger partial charge in [0.05, 0.1) is 4.92 Å². The first kappa shape index (κ1) is 9.62. The zero-order valence-electron chi connectivity index (χ0n) is 4.65. The molecule has 0 aliphatic carbocycles. The molecule has 0 atom stereocenters. The van der Waals surface area contributed by atoms with Crippen molar-refractivity contribution >= 4 is 35.2 Å². The van der Waals surface area contributed by atoms with Gasteiger partial charge in [0.15, 0.2) is 0 Å². The molecule has 0 aromatic heterocycles. The molecule has 3 nitrogen and oxygen atoms in total. The molecule has 0 spiro atoms. The Morgan fingerprint density at radius 2 is 1.70 bits per heavy atom. The summed E-state index contributed by atoms with van der Waals surface area (Å²) in [4.78, 5) is 9.59. The SMILES string of the molecule is O=[N+]([O-])c1ccccc1.[NaH]. The van der Waals surface area contributed by atoms with Crippen LogP contribution in [-0.2, 0) is 0 Å². The molecule has 1 aromatic rings. The second-order valence-electron chi connectivity index (χ2n) is 1.59. The van der Waals surface area contributed by atoms with E-state index in [9.17, 15) is 10.1 Å².